The Morgan fingerprint density at radius 3 is 2.62 bits per heavy atom. The van der Waals surface area contributed by atoms with Crippen molar-refractivity contribution < 1.29 is 19.5 Å². The molecular formula is C16H24N6O4. The lowest BCUT2D eigenvalue weighted by atomic mass is 10.1. The van der Waals surface area contributed by atoms with Gasteiger partial charge in [0.05, 0.1) is 6.54 Å². The van der Waals surface area contributed by atoms with Gasteiger partial charge in [0.15, 0.2) is 5.96 Å². The van der Waals surface area contributed by atoms with Crippen molar-refractivity contribution in [1.29, 1.82) is 5.41 Å². The molecule has 10 nitrogen and oxygen atoms in total. The van der Waals surface area contributed by atoms with E-state index in [4.69, 9.17) is 16.2 Å². The number of nitrogens with two attached hydrogens (primary N) is 1. The number of carboxylic acids is 1. The summed E-state index contributed by atoms with van der Waals surface area (Å²) in [6, 6.07) is 3.36. The number of hydrogen-bond acceptors (Lipinski definition) is 5. The Morgan fingerprint density at radius 1 is 1.15 bits per heavy atom. The molecule has 1 aromatic rings. The normalized spacial score (nSPS) is 10.0. The SMILES string of the molecule is N=C(N)NCCCCC(=O)NCC(=O)Nc1ncccc1CCC(=O)O. The molecule has 1 aromatic heterocycles. The van der Waals surface area contributed by atoms with Gasteiger partial charge in [0.2, 0.25) is 11.8 Å². The number of carbonyl (C=O) groups excluding carboxylic acids is 2. The van der Waals surface area contributed by atoms with E-state index < -0.39 is 11.9 Å². The monoisotopic (exact) mass is 364 g/mol. The van der Waals surface area contributed by atoms with Gasteiger partial charge in [0.1, 0.15) is 5.82 Å². The van der Waals surface area contributed by atoms with E-state index in [0.717, 1.165) is 0 Å². The van der Waals surface area contributed by atoms with Crippen molar-refractivity contribution in [1.82, 2.24) is 15.6 Å². The Balaban J connectivity index is 2.32. The lowest BCUT2D eigenvalue weighted by Crippen LogP contribution is -2.33. The minimum Gasteiger partial charge on any atom is -0.481 e. The van der Waals surface area contributed by atoms with Crippen molar-refractivity contribution in [3.05, 3.63) is 23.9 Å². The fourth-order valence-corrected chi connectivity index (χ4v) is 2.07. The molecule has 0 aliphatic carbocycles. The molecule has 0 aliphatic heterocycles. The first-order valence-electron chi connectivity index (χ1n) is 8.18. The number of amides is 2. The first-order valence-corrected chi connectivity index (χ1v) is 8.18. The highest BCUT2D eigenvalue weighted by Gasteiger charge is 2.10. The molecule has 0 saturated heterocycles. The van der Waals surface area contributed by atoms with Crippen molar-refractivity contribution in [3.8, 4) is 0 Å². The molecule has 26 heavy (non-hydrogen) atoms. The molecule has 142 valence electrons. The molecular weight excluding hydrogens is 340 g/mol. The van der Waals surface area contributed by atoms with Crippen LogP contribution in [0.4, 0.5) is 5.82 Å². The van der Waals surface area contributed by atoms with E-state index in [0.29, 0.717) is 30.8 Å². The molecule has 7 N–H and O–H groups in total. The van der Waals surface area contributed by atoms with Gasteiger partial charge in [-0.3, -0.25) is 19.8 Å². The van der Waals surface area contributed by atoms with Crippen LogP contribution in [0.15, 0.2) is 18.3 Å². The third-order valence-electron chi connectivity index (χ3n) is 3.35. The van der Waals surface area contributed by atoms with Crippen LogP contribution < -0.4 is 21.7 Å². The Hall–Kier alpha value is -3.17. The second-order valence-electron chi connectivity index (χ2n) is 5.53. The summed E-state index contributed by atoms with van der Waals surface area (Å²) in [7, 11) is 0. The van der Waals surface area contributed by atoms with E-state index >= 15 is 0 Å². The smallest absolute Gasteiger partial charge is 0.303 e. The van der Waals surface area contributed by atoms with Crippen LogP contribution in [-0.2, 0) is 20.8 Å². The number of anilines is 1. The molecule has 0 spiro atoms. The minimum atomic E-state index is -0.933. The Labute approximate surface area is 151 Å². The summed E-state index contributed by atoms with van der Waals surface area (Å²) in [4.78, 5) is 38.3. The van der Waals surface area contributed by atoms with E-state index in [-0.39, 0.29) is 37.7 Å². The molecule has 0 aliphatic rings. The van der Waals surface area contributed by atoms with E-state index in [1.165, 1.54) is 6.20 Å². The van der Waals surface area contributed by atoms with Gasteiger partial charge >= 0.3 is 5.97 Å². The third kappa shape index (κ3) is 9.21. The van der Waals surface area contributed by atoms with Crippen LogP contribution in [0.1, 0.15) is 31.2 Å². The number of rotatable bonds is 11. The van der Waals surface area contributed by atoms with Crippen LogP contribution >= 0.6 is 0 Å². The fraction of sp³-hybridized carbons (Fsp3) is 0.438. The number of aromatic nitrogens is 1. The summed E-state index contributed by atoms with van der Waals surface area (Å²) in [6.45, 7) is 0.321. The fourth-order valence-electron chi connectivity index (χ4n) is 2.07. The number of aryl methyl sites for hydroxylation is 1. The maximum Gasteiger partial charge on any atom is 0.303 e. The lowest BCUT2D eigenvalue weighted by Gasteiger charge is -2.10. The predicted molar refractivity (Wildman–Crippen MR) is 95.6 cm³/mol. The minimum absolute atomic E-state index is 0.0657. The highest BCUT2D eigenvalue weighted by molar-refractivity contribution is 5.94. The van der Waals surface area contributed by atoms with Crippen LogP contribution in [-0.4, -0.2) is 46.9 Å². The van der Waals surface area contributed by atoms with E-state index in [9.17, 15) is 14.4 Å². The largest absolute Gasteiger partial charge is 0.481 e. The first-order chi connectivity index (χ1) is 12.4. The predicted octanol–water partition coefficient (Wildman–Crippen LogP) is -0.193. The molecule has 0 atom stereocenters. The number of nitrogens with one attached hydrogen (secondary N) is 4. The number of unbranched alkanes of at least 4 members (excludes halogenated alkanes) is 1. The zero-order valence-corrected chi connectivity index (χ0v) is 14.4. The zero-order valence-electron chi connectivity index (χ0n) is 14.4. The average Bonchev–Trinajstić information content (AvgIpc) is 2.58. The maximum atomic E-state index is 11.9. The van der Waals surface area contributed by atoms with Crippen LogP contribution in [0.25, 0.3) is 0 Å². The van der Waals surface area contributed by atoms with Crippen LogP contribution in [0.3, 0.4) is 0 Å². The summed E-state index contributed by atoms with van der Waals surface area (Å²) in [6.07, 6.45) is 3.23. The van der Waals surface area contributed by atoms with Crippen molar-refractivity contribution in [2.75, 3.05) is 18.4 Å². The first kappa shape index (κ1) is 20.9. The number of nitrogens with zero attached hydrogens (tertiary/aromatic N) is 1. The van der Waals surface area contributed by atoms with E-state index in [1.54, 1.807) is 12.1 Å². The van der Waals surface area contributed by atoms with Gasteiger partial charge in [0, 0.05) is 25.6 Å². The zero-order chi connectivity index (χ0) is 19.4. The molecule has 0 aromatic carbocycles. The standard InChI is InChI=1S/C16H24N6O4/c17-16(18)20-8-2-1-5-12(23)21-10-13(24)22-15-11(4-3-9-19-15)6-7-14(25)26/h3-4,9H,1-2,5-8,10H2,(H,21,23)(H,25,26)(H4,17,18,20)(H,19,22,24). The van der Waals surface area contributed by atoms with Gasteiger partial charge in [-0.1, -0.05) is 6.07 Å². The number of aliphatic carboxylic acids is 1. The Kier molecular flexibility index (Phi) is 9.15. The van der Waals surface area contributed by atoms with Gasteiger partial charge in [-0.2, -0.15) is 0 Å². The third-order valence-corrected chi connectivity index (χ3v) is 3.35. The van der Waals surface area contributed by atoms with Gasteiger partial charge in [0.25, 0.3) is 0 Å². The quantitative estimate of drug-likeness (QED) is 0.179. The summed E-state index contributed by atoms with van der Waals surface area (Å²) in [5.74, 6) is -1.44. The van der Waals surface area contributed by atoms with Gasteiger partial charge in [-0.05, 0) is 30.9 Å². The number of guanidine groups is 1. The number of carbonyl (C=O) groups is 3. The van der Waals surface area contributed by atoms with Crippen LogP contribution in [0, 0.1) is 5.41 Å². The molecule has 0 unspecified atom stereocenters. The molecule has 10 heteroatoms. The van der Waals surface area contributed by atoms with Crippen molar-refractivity contribution >= 4 is 29.6 Å². The number of carboxylic acid groups (broad SMARTS) is 1. The Morgan fingerprint density at radius 2 is 1.92 bits per heavy atom. The highest BCUT2D eigenvalue weighted by atomic mass is 16.4. The summed E-state index contributed by atoms with van der Waals surface area (Å²) < 4.78 is 0. The average molecular weight is 364 g/mol. The molecule has 0 saturated carbocycles. The van der Waals surface area contributed by atoms with E-state index in [1.807, 2.05) is 0 Å². The number of pyridine rings is 1. The second-order valence-corrected chi connectivity index (χ2v) is 5.53. The van der Waals surface area contributed by atoms with Gasteiger partial charge in [-0.25, -0.2) is 4.98 Å². The molecule has 1 heterocycles. The van der Waals surface area contributed by atoms with Crippen molar-refractivity contribution in [3.63, 3.8) is 0 Å². The molecule has 0 fully saturated rings. The Bertz CT molecular complexity index is 649. The molecule has 2 amide bonds. The van der Waals surface area contributed by atoms with Crippen molar-refractivity contribution in [2.24, 2.45) is 5.73 Å². The topological polar surface area (TPSA) is 170 Å². The van der Waals surface area contributed by atoms with E-state index in [2.05, 4.69) is 20.9 Å². The molecule has 0 bridgehead atoms. The highest BCUT2D eigenvalue weighted by Crippen LogP contribution is 2.13. The summed E-state index contributed by atoms with van der Waals surface area (Å²) in [5.41, 5.74) is 5.76. The van der Waals surface area contributed by atoms with Crippen molar-refractivity contribution in [2.45, 2.75) is 32.1 Å². The van der Waals surface area contributed by atoms with Gasteiger partial charge < -0.3 is 26.8 Å². The van der Waals surface area contributed by atoms with Crippen LogP contribution in [0.2, 0.25) is 0 Å². The van der Waals surface area contributed by atoms with Crippen LogP contribution in [0.5, 0.6) is 0 Å². The maximum absolute atomic E-state index is 11.9. The number of hydrogen-bond donors (Lipinski definition) is 6. The lowest BCUT2D eigenvalue weighted by molar-refractivity contribution is -0.137. The molecule has 0 radical (unpaired) electrons. The summed E-state index contributed by atoms with van der Waals surface area (Å²) in [5, 5.41) is 23.5. The second kappa shape index (κ2) is 11.4. The van der Waals surface area contributed by atoms with Gasteiger partial charge in [-0.15, -0.1) is 0 Å². The molecule has 1 rings (SSSR count). The summed E-state index contributed by atoms with van der Waals surface area (Å²) >= 11 is 0.